The second-order valence-corrected chi connectivity index (χ2v) is 11.8. The normalized spacial score (nSPS) is 12.4. The Labute approximate surface area is 218 Å². The van der Waals surface area contributed by atoms with E-state index in [0.29, 0.717) is 33.4 Å². The molecule has 10 heteroatoms. The van der Waals surface area contributed by atoms with E-state index in [9.17, 15) is 18.0 Å². The molecule has 2 amide bonds. The first-order valence-electron chi connectivity index (χ1n) is 11.3. The zero-order chi connectivity index (χ0) is 26.5. The van der Waals surface area contributed by atoms with Gasteiger partial charge in [-0.05, 0) is 56.0 Å². The van der Waals surface area contributed by atoms with Crippen molar-refractivity contribution in [1.29, 1.82) is 0 Å². The van der Waals surface area contributed by atoms with Crippen LogP contribution < -0.4 is 9.62 Å². The maximum atomic E-state index is 13.6. The third kappa shape index (κ3) is 7.85. The molecule has 0 aliphatic carbocycles. The lowest BCUT2D eigenvalue weighted by molar-refractivity contribution is -0.139. The molecule has 0 unspecified atom stereocenters. The quantitative estimate of drug-likeness (QED) is 0.477. The number of nitrogens with zero attached hydrogens (tertiary/aromatic N) is 2. The predicted octanol–water partition coefficient (Wildman–Crippen LogP) is 4.57. The van der Waals surface area contributed by atoms with Crippen LogP contribution in [0.5, 0.6) is 0 Å². The molecule has 7 nitrogen and oxygen atoms in total. The minimum absolute atomic E-state index is 0.0575. The fraction of sp³-hybridized carbons (Fsp3) is 0.440. The van der Waals surface area contributed by atoms with Crippen molar-refractivity contribution in [3.8, 4) is 0 Å². The maximum Gasteiger partial charge on any atom is 0.244 e. The molecule has 1 atom stereocenters. The highest BCUT2D eigenvalue weighted by atomic mass is 35.5. The van der Waals surface area contributed by atoms with Crippen LogP contribution in [0.1, 0.15) is 37.5 Å². The van der Waals surface area contributed by atoms with Crippen LogP contribution >= 0.6 is 23.2 Å². The van der Waals surface area contributed by atoms with Crippen LogP contribution in [0.15, 0.2) is 36.4 Å². The Morgan fingerprint density at radius 3 is 2.17 bits per heavy atom. The monoisotopic (exact) mass is 541 g/mol. The van der Waals surface area contributed by atoms with Gasteiger partial charge in [0.1, 0.15) is 12.6 Å². The number of nitrogens with one attached hydrogen (secondary N) is 1. The van der Waals surface area contributed by atoms with E-state index in [4.69, 9.17) is 23.2 Å². The SMILES string of the molecule is Cc1ccc(C)c(N(CC(=O)N(Cc2c(Cl)cccc2Cl)[C@H](C)C(=O)NCC(C)C)S(C)(=O)=O)c1. The van der Waals surface area contributed by atoms with Gasteiger partial charge in [-0.3, -0.25) is 13.9 Å². The fourth-order valence-corrected chi connectivity index (χ4v) is 4.89. The summed E-state index contributed by atoms with van der Waals surface area (Å²) in [6.45, 7) is 9.05. The summed E-state index contributed by atoms with van der Waals surface area (Å²) in [6, 6.07) is 9.48. The van der Waals surface area contributed by atoms with Crippen LogP contribution in [0.3, 0.4) is 0 Å². The molecule has 0 heterocycles. The lowest BCUT2D eigenvalue weighted by atomic mass is 10.1. The number of anilines is 1. The Morgan fingerprint density at radius 1 is 1.03 bits per heavy atom. The average molecular weight is 543 g/mol. The second-order valence-electron chi connectivity index (χ2n) is 9.10. The Balaban J connectivity index is 2.47. The van der Waals surface area contributed by atoms with Gasteiger partial charge < -0.3 is 10.2 Å². The van der Waals surface area contributed by atoms with E-state index in [2.05, 4.69) is 5.32 Å². The van der Waals surface area contributed by atoms with Gasteiger partial charge in [0.15, 0.2) is 0 Å². The molecule has 0 saturated heterocycles. The van der Waals surface area contributed by atoms with Crippen molar-refractivity contribution < 1.29 is 18.0 Å². The zero-order valence-electron chi connectivity index (χ0n) is 20.9. The Kier molecular flexibility index (Phi) is 10.0. The van der Waals surface area contributed by atoms with Gasteiger partial charge in [-0.2, -0.15) is 0 Å². The number of amides is 2. The molecule has 0 radical (unpaired) electrons. The summed E-state index contributed by atoms with van der Waals surface area (Å²) < 4.78 is 26.5. The number of halogens is 2. The summed E-state index contributed by atoms with van der Waals surface area (Å²) in [5.41, 5.74) is 2.45. The number of hydrogen-bond donors (Lipinski definition) is 1. The number of carbonyl (C=O) groups excluding carboxylic acids is 2. The average Bonchev–Trinajstić information content (AvgIpc) is 2.76. The van der Waals surface area contributed by atoms with E-state index in [1.807, 2.05) is 26.8 Å². The predicted molar refractivity (Wildman–Crippen MR) is 142 cm³/mol. The van der Waals surface area contributed by atoms with Gasteiger partial charge in [-0.1, -0.05) is 55.2 Å². The molecule has 35 heavy (non-hydrogen) atoms. The van der Waals surface area contributed by atoms with E-state index >= 15 is 0 Å². The summed E-state index contributed by atoms with van der Waals surface area (Å²) in [7, 11) is -3.81. The molecule has 0 saturated carbocycles. The van der Waals surface area contributed by atoms with Gasteiger partial charge in [-0.25, -0.2) is 8.42 Å². The van der Waals surface area contributed by atoms with Crippen molar-refractivity contribution in [2.24, 2.45) is 5.92 Å². The van der Waals surface area contributed by atoms with Crippen molar-refractivity contribution in [2.45, 2.75) is 47.2 Å². The van der Waals surface area contributed by atoms with Crippen LogP contribution in [0, 0.1) is 19.8 Å². The number of rotatable bonds is 10. The zero-order valence-corrected chi connectivity index (χ0v) is 23.3. The van der Waals surface area contributed by atoms with Crippen LogP contribution in [-0.4, -0.2) is 50.5 Å². The summed E-state index contributed by atoms with van der Waals surface area (Å²) >= 11 is 12.7. The van der Waals surface area contributed by atoms with E-state index < -0.39 is 28.5 Å². The number of sulfonamides is 1. The van der Waals surface area contributed by atoms with Crippen molar-refractivity contribution >= 4 is 50.7 Å². The third-order valence-corrected chi connectivity index (χ3v) is 7.39. The molecule has 192 valence electrons. The number of aryl methyl sites for hydroxylation is 2. The summed E-state index contributed by atoms with van der Waals surface area (Å²) in [4.78, 5) is 27.8. The van der Waals surface area contributed by atoms with E-state index in [1.165, 1.54) is 4.90 Å². The molecule has 0 spiro atoms. The first-order valence-corrected chi connectivity index (χ1v) is 13.9. The third-order valence-electron chi connectivity index (χ3n) is 5.55. The highest BCUT2D eigenvalue weighted by molar-refractivity contribution is 7.92. The molecule has 0 aliphatic rings. The molecule has 0 aliphatic heterocycles. The molecular formula is C25H33Cl2N3O4S. The highest BCUT2D eigenvalue weighted by Gasteiger charge is 2.31. The lowest BCUT2D eigenvalue weighted by Gasteiger charge is -2.32. The van der Waals surface area contributed by atoms with Crippen molar-refractivity contribution in [1.82, 2.24) is 10.2 Å². The van der Waals surface area contributed by atoms with Crippen LogP contribution in [-0.2, 0) is 26.2 Å². The van der Waals surface area contributed by atoms with E-state index in [0.717, 1.165) is 16.1 Å². The van der Waals surface area contributed by atoms with Crippen LogP contribution in [0.2, 0.25) is 10.0 Å². The van der Waals surface area contributed by atoms with Crippen molar-refractivity contribution in [2.75, 3.05) is 23.7 Å². The van der Waals surface area contributed by atoms with Gasteiger partial charge in [0.2, 0.25) is 21.8 Å². The first-order chi connectivity index (χ1) is 16.2. The van der Waals surface area contributed by atoms with Crippen molar-refractivity contribution in [3.63, 3.8) is 0 Å². The van der Waals surface area contributed by atoms with Crippen molar-refractivity contribution in [3.05, 3.63) is 63.1 Å². The Morgan fingerprint density at radius 2 is 1.63 bits per heavy atom. The van der Waals surface area contributed by atoms with Gasteiger partial charge in [0, 0.05) is 28.7 Å². The topological polar surface area (TPSA) is 86.8 Å². The molecule has 2 aromatic carbocycles. The van der Waals surface area contributed by atoms with Gasteiger partial charge >= 0.3 is 0 Å². The summed E-state index contributed by atoms with van der Waals surface area (Å²) in [5.74, 6) is -0.689. The van der Waals surface area contributed by atoms with Crippen LogP contribution in [0.25, 0.3) is 0 Å². The minimum Gasteiger partial charge on any atom is -0.354 e. The Hall–Kier alpha value is -2.29. The number of carbonyl (C=O) groups is 2. The molecule has 2 aromatic rings. The fourth-order valence-electron chi connectivity index (χ4n) is 3.47. The summed E-state index contributed by atoms with van der Waals surface area (Å²) in [5, 5.41) is 3.53. The second kappa shape index (κ2) is 12.1. The van der Waals surface area contributed by atoms with Gasteiger partial charge in [0.05, 0.1) is 11.9 Å². The standard InChI is InChI=1S/C25H33Cl2N3O4S/c1-16(2)13-28-25(32)19(5)29(14-20-21(26)8-7-9-22(20)27)24(31)15-30(35(6,33)34)23-12-17(3)10-11-18(23)4/h7-12,16,19H,13-15H2,1-6H3,(H,28,32)/t19-/m1/s1. The molecule has 0 aromatic heterocycles. The Bertz CT molecular complexity index is 1160. The number of hydrogen-bond acceptors (Lipinski definition) is 4. The minimum atomic E-state index is -3.81. The highest BCUT2D eigenvalue weighted by Crippen LogP contribution is 2.28. The molecule has 0 fully saturated rings. The van der Waals surface area contributed by atoms with E-state index in [1.54, 1.807) is 44.2 Å². The maximum absolute atomic E-state index is 13.6. The lowest BCUT2D eigenvalue weighted by Crippen LogP contribution is -2.51. The molecular weight excluding hydrogens is 509 g/mol. The largest absolute Gasteiger partial charge is 0.354 e. The van der Waals surface area contributed by atoms with Gasteiger partial charge in [-0.15, -0.1) is 0 Å². The molecule has 0 bridgehead atoms. The molecule has 1 N–H and O–H groups in total. The molecule has 2 rings (SSSR count). The van der Waals surface area contributed by atoms with E-state index in [-0.39, 0.29) is 18.4 Å². The van der Waals surface area contributed by atoms with Gasteiger partial charge in [0.25, 0.3) is 0 Å². The van der Waals surface area contributed by atoms with Crippen LogP contribution in [0.4, 0.5) is 5.69 Å². The smallest absolute Gasteiger partial charge is 0.244 e. The summed E-state index contributed by atoms with van der Waals surface area (Å²) in [6.07, 6.45) is 1.05. The number of benzene rings is 2. The first kappa shape index (κ1) is 28.9.